The Kier molecular flexibility index (Phi) is 4.66. The molecule has 0 amide bonds. The molecule has 0 radical (unpaired) electrons. The van der Waals surface area contributed by atoms with Crippen LogP contribution in [0.25, 0.3) is 0 Å². The lowest BCUT2D eigenvalue weighted by Gasteiger charge is -2.41. The molecule has 0 bridgehead atoms. The molecule has 0 aromatic heterocycles. The molecule has 1 fully saturated rings. The van der Waals surface area contributed by atoms with E-state index in [1.165, 1.54) is 12.8 Å². The second-order valence-electron chi connectivity index (χ2n) is 5.93. The molecule has 0 saturated heterocycles. The summed E-state index contributed by atoms with van der Waals surface area (Å²) < 4.78 is 6.70. The molecule has 2 nitrogen and oxygen atoms in total. The summed E-state index contributed by atoms with van der Waals surface area (Å²) in [6.07, 6.45) is 4.42. The Balaban J connectivity index is 2.77. The van der Waals surface area contributed by atoms with Crippen LogP contribution in [0.2, 0.25) is 0 Å². The molecular formula is C13H23IO2. The first-order chi connectivity index (χ1) is 7.32. The van der Waals surface area contributed by atoms with Crippen LogP contribution in [-0.2, 0) is 9.53 Å². The number of rotatable bonds is 3. The molecule has 1 unspecified atom stereocenters. The molecule has 0 aliphatic heterocycles. The van der Waals surface area contributed by atoms with Crippen molar-refractivity contribution in [1.29, 1.82) is 0 Å². The van der Waals surface area contributed by atoms with E-state index in [-0.39, 0.29) is 22.9 Å². The third kappa shape index (κ3) is 2.90. The molecule has 3 heteroatoms. The average molecular weight is 338 g/mol. The summed E-state index contributed by atoms with van der Waals surface area (Å²) in [6.45, 7) is 8.49. The minimum atomic E-state index is -0.218. The Labute approximate surface area is 113 Å². The van der Waals surface area contributed by atoms with Crippen LogP contribution in [0.1, 0.15) is 53.4 Å². The molecule has 1 atom stereocenters. The van der Waals surface area contributed by atoms with E-state index < -0.39 is 0 Å². The molecule has 1 aliphatic rings. The monoisotopic (exact) mass is 338 g/mol. The van der Waals surface area contributed by atoms with E-state index in [0.29, 0.717) is 0 Å². The maximum Gasteiger partial charge on any atom is 0.309 e. The van der Waals surface area contributed by atoms with E-state index in [4.69, 9.17) is 4.74 Å². The van der Waals surface area contributed by atoms with E-state index in [1.54, 1.807) is 0 Å². The lowest BCUT2D eigenvalue weighted by atomic mass is 9.75. The van der Waals surface area contributed by atoms with Crippen LogP contribution >= 0.6 is 22.6 Å². The summed E-state index contributed by atoms with van der Waals surface area (Å²) in [5.41, 5.74) is -0.172. The Bertz CT molecular complexity index is 249. The van der Waals surface area contributed by atoms with Crippen LogP contribution in [0.3, 0.4) is 0 Å². The highest BCUT2D eigenvalue weighted by molar-refractivity contribution is 14.1. The Morgan fingerprint density at radius 2 is 1.88 bits per heavy atom. The highest BCUT2D eigenvalue weighted by Crippen LogP contribution is 2.46. The van der Waals surface area contributed by atoms with Gasteiger partial charge in [-0.3, -0.25) is 4.79 Å². The molecule has 16 heavy (non-hydrogen) atoms. The summed E-state index contributed by atoms with van der Waals surface area (Å²) in [4.78, 5) is 12.0. The lowest BCUT2D eigenvalue weighted by Crippen LogP contribution is -2.45. The zero-order valence-corrected chi connectivity index (χ0v) is 13.0. The maximum atomic E-state index is 12.0. The molecule has 0 N–H and O–H groups in total. The van der Waals surface area contributed by atoms with Crippen LogP contribution in [0.5, 0.6) is 0 Å². The zero-order valence-electron chi connectivity index (χ0n) is 10.8. The summed E-state index contributed by atoms with van der Waals surface area (Å²) in [6, 6.07) is 0. The number of ether oxygens (including phenoxy) is 1. The SMILES string of the molecule is CC(CI)C(=O)OC1(C(C)(C)C)CCCC1. The van der Waals surface area contributed by atoms with Gasteiger partial charge in [-0.15, -0.1) is 0 Å². The molecular weight excluding hydrogens is 315 g/mol. The van der Waals surface area contributed by atoms with Crippen molar-refractivity contribution in [3.63, 3.8) is 0 Å². The lowest BCUT2D eigenvalue weighted by molar-refractivity contribution is -0.176. The van der Waals surface area contributed by atoms with Crippen molar-refractivity contribution in [1.82, 2.24) is 0 Å². The van der Waals surface area contributed by atoms with Crippen molar-refractivity contribution in [2.75, 3.05) is 4.43 Å². The van der Waals surface area contributed by atoms with E-state index >= 15 is 0 Å². The Hall–Kier alpha value is 0.200. The van der Waals surface area contributed by atoms with Gasteiger partial charge in [0.1, 0.15) is 5.60 Å². The minimum absolute atomic E-state index is 0.0143. The van der Waals surface area contributed by atoms with Crippen molar-refractivity contribution < 1.29 is 9.53 Å². The number of halogens is 1. The number of alkyl halides is 1. The third-order valence-corrected chi connectivity index (χ3v) is 5.03. The quantitative estimate of drug-likeness (QED) is 0.442. The molecule has 1 rings (SSSR count). The van der Waals surface area contributed by atoms with Crippen molar-refractivity contribution in [2.45, 2.75) is 59.0 Å². The van der Waals surface area contributed by atoms with E-state index in [9.17, 15) is 4.79 Å². The number of esters is 1. The normalized spacial score (nSPS) is 21.8. The van der Waals surface area contributed by atoms with Gasteiger partial charge in [0.25, 0.3) is 0 Å². The molecule has 1 saturated carbocycles. The van der Waals surface area contributed by atoms with E-state index in [2.05, 4.69) is 43.4 Å². The van der Waals surface area contributed by atoms with Crippen LogP contribution in [0.4, 0.5) is 0 Å². The topological polar surface area (TPSA) is 26.3 Å². The summed E-state index contributed by atoms with van der Waals surface area (Å²) in [5.74, 6) is -0.00773. The molecule has 94 valence electrons. The molecule has 0 aromatic rings. The highest BCUT2D eigenvalue weighted by atomic mass is 127. The number of carbonyl (C=O) groups excluding carboxylic acids is 1. The van der Waals surface area contributed by atoms with Crippen LogP contribution in [0.15, 0.2) is 0 Å². The van der Waals surface area contributed by atoms with Gasteiger partial charge in [-0.25, -0.2) is 0 Å². The largest absolute Gasteiger partial charge is 0.458 e. The van der Waals surface area contributed by atoms with Gasteiger partial charge < -0.3 is 4.74 Å². The summed E-state index contributed by atoms with van der Waals surface area (Å²) in [5, 5.41) is 0. The van der Waals surface area contributed by atoms with Crippen LogP contribution in [0, 0.1) is 11.3 Å². The van der Waals surface area contributed by atoms with E-state index in [0.717, 1.165) is 17.3 Å². The maximum absolute atomic E-state index is 12.0. The highest BCUT2D eigenvalue weighted by Gasteiger charge is 2.47. The van der Waals surface area contributed by atoms with E-state index in [1.807, 2.05) is 6.92 Å². The van der Waals surface area contributed by atoms with Gasteiger partial charge in [-0.05, 0) is 25.7 Å². The van der Waals surface area contributed by atoms with Gasteiger partial charge in [0.2, 0.25) is 0 Å². The van der Waals surface area contributed by atoms with Gasteiger partial charge >= 0.3 is 5.97 Å². The molecule has 0 aromatic carbocycles. The van der Waals surface area contributed by atoms with Crippen molar-refractivity contribution in [3.8, 4) is 0 Å². The first kappa shape index (κ1) is 14.3. The second kappa shape index (κ2) is 5.23. The van der Waals surface area contributed by atoms with Gasteiger partial charge in [0, 0.05) is 9.84 Å². The Morgan fingerprint density at radius 1 is 1.38 bits per heavy atom. The Morgan fingerprint density at radius 3 is 2.25 bits per heavy atom. The fraction of sp³-hybridized carbons (Fsp3) is 0.923. The summed E-state index contributed by atoms with van der Waals surface area (Å²) in [7, 11) is 0. The predicted octanol–water partition coefficient (Wildman–Crippen LogP) is 3.96. The van der Waals surface area contributed by atoms with Gasteiger partial charge in [-0.1, -0.05) is 50.3 Å². The van der Waals surface area contributed by atoms with Crippen molar-refractivity contribution in [3.05, 3.63) is 0 Å². The second-order valence-corrected chi connectivity index (χ2v) is 6.81. The third-order valence-electron chi connectivity index (χ3n) is 3.71. The number of carbonyl (C=O) groups is 1. The first-order valence-corrected chi connectivity index (χ1v) is 7.64. The van der Waals surface area contributed by atoms with Gasteiger partial charge in [-0.2, -0.15) is 0 Å². The van der Waals surface area contributed by atoms with Crippen LogP contribution < -0.4 is 0 Å². The first-order valence-electron chi connectivity index (χ1n) is 6.11. The van der Waals surface area contributed by atoms with Crippen molar-refractivity contribution >= 4 is 28.6 Å². The average Bonchev–Trinajstić information content (AvgIpc) is 2.65. The fourth-order valence-electron chi connectivity index (χ4n) is 2.31. The predicted molar refractivity (Wildman–Crippen MR) is 74.8 cm³/mol. The number of hydrogen-bond donors (Lipinski definition) is 0. The van der Waals surface area contributed by atoms with Crippen molar-refractivity contribution in [2.24, 2.45) is 11.3 Å². The minimum Gasteiger partial charge on any atom is -0.458 e. The van der Waals surface area contributed by atoms with Crippen LogP contribution in [-0.4, -0.2) is 16.0 Å². The van der Waals surface area contributed by atoms with Gasteiger partial charge in [0.05, 0.1) is 5.92 Å². The molecule has 0 heterocycles. The number of hydrogen-bond acceptors (Lipinski definition) is 2. The standard InChI is InChI=1S/C13H23IO2/c1-10(9-14)11(15)16-13(12(2,3)4)7-5-6-8-13/h10H,5-9H2,1-4H3. The fourth-order valence-corrected chi connectivity index (χ4v) is 2.67. The smallest absolute Gasteiger partial charge is 0.309 e. The molecule has 0 spiro atoms. The van der Waals surface area contributed by atoms with Gasteiger partial charge in [0.15, 0.2) is 0 Å². The zero-order chi connectivity index (χ0) is 12.4. The molecule has 1 aliphatic carbocycles. The summed E-state index contributed by atoms with van der Waals surface area (Å²) >= 11 is 2.24.